The molecule has 0 saturated heterocycles. The number of hydrogen-bond donors (Lipinski definition) is 1. The van der Waals surface area contributed by atoms with E-state index in [4.69, 9.17) is 29.2 Å². The van der Waals surface area contributed by atoms with Crippen molar-refractivity contribution in [3.63, 3.8) is 0 Å². The summed E-state index contributed by atoms with van der Waals surface area (Å²) in [5.41, 5.74) is 5.21. The van der Waals surface area contributed by atoms with Crippen LogP contribution in [0, 0.1) is 6.85 Å². The van der Waals surface area contributed by atoms with E-state index >= 15 is 0 Å². The van der Waals surface area contributed by atoms with Crippen LogP contribution in [0.4, 0.5) is 0 Å². The van der Waals surface area contributed by atoms with Crippen LogP contribution in [-0.2, 0) is 10.8 Å². The van der Waals surface area contributed by atoms with Gasteiger partial charge in [0.25, 0.3) is 0 Å². The topological polar surface area (TPSA) is 50.9 Å². The monoisotopic (exact) mass is 816 g/mol. The van der Waals surface area contributed by atoms with Gasteiger partial charge in [0.15, 0.2) is 0 Å². The van der Waals surface area contributed by atoms with Crippen molar-refractivity contribution in [2.45, 2.75) is 98.5 Å². The van der Waals surface area contributed by atoms with Gasteiger partial charge in [-0.05, 0) is 140 Å². The fraction of sp³-hybridized carbons (Fsp3) is 0.263. The van der Waals surface area contributed by atoms with E-state index in [1.807, 2.05) is 60.7 Å². The van der Waals surface area contributed by atoms with Gasteiger partial charge in [0.05, 0.1) is 28.0 Å². The number of para-hydroxylation sites is 2. The van der Waals surface area contributed by atoms with Crippen molar-refractivity contribution in [1.29, 1.82) is 0 Å². The standard InChI is InChI=1S/C57H59N3O/c1-35(2)45-17-14-18-46(36(3)4)53(45)40-24-27-50(37(5)30-40)60-51-20-15-19-47(54(51)59-55(60)48-16-12-13-21-52(48)61)41-31-42(33-44(32-41)57(9,10)11)49-34-39(28-29-58-49)38-22-25-43(26-23-38)56(6,7)8/h12-36,61H,1-11H3/i5D3,6D3,7D3,8D3,35D,36D. The molecule has 0 atom stereocenters. The fourth-order valence-electron chi connectivity index (χ4n) is 8.05. The van der Waals surface area contributed by atoms with Crippen LogP contribution >= 0.6 is 0 Å². The molecule has 0 fully saturated rings. The maximum atomic E-state index is 11.4. The maximum Gasteiger partial charge on any atom is 0.149 e. The van der Waals surface area contributed by atoms with Gasteiger partial charge in [0, 0.05) is 36.5 Å². The van der Waals surface area contributed by atoms with E-state index in [9.17, 15) is 5.11 Å². The van der Waals surface area contributed by atoms with Gasteiger partial charge in [-0.15, -0.1) is 0 Å². The van der Waals surface area contributed by atoms with Crippen LogP contribution < -0.4 is 0 Å². The maximum absolute atomic E-state index is 11.4. The number of aromatic nitrogens is 3. The predicted molar refractivity (Wildman–Crippen MR) is 258 cm³/mol. The Morgan fingerprint density at radius 2 is 1.28 bits per heavy atom. The molecular formula is C57H59N3O. The number of benzene rings is 6. The first-order valence-electron chi connectivity index (χ1n) is 27.4. The number of imidazole rings is 1. The van der Waals surface area contributed by atoms with Crippen LogP contribution in [0.5, 0.6) is 5.75 Å². The first kappa shape index (κ1) is 27.6. The summed E-state index contributed by atoms with van der Waals surface area (Å²) in [7, 11) is 0. The van der Waals surface area contributed by atoms with Gasteiger partial charge in [-0.25, -0.2) is 4.98 Å². The molecule has 1 N–H and O–H groups in total. The van der Waals surface area contributed by atoms with E-state index in [0.29, 0.717) is 66.9 Å². The van der Waals surface area contributed by atoms with E-state index in [1.165, 1.54) is 24.3 Å². The van der Waals surface area contributed by atoms with Gasteiger partial charge < -0.3 is 5.11 Å². The fourth-order valence-corrected chi connectivity index (χ4v) is 8.05. The lowest BCUT2D eigenvalue weighted by molar-refractivity contribution is 0.477. The third-order valence-corrected chi connectivity index (χ3v) is 11.3. The third kappa shape index (κ3) is 8.04. The average Bonchev–Trinajstić information content (AvgIpc) is 3.68. The minimum atomic E-state index is -3.40. The van der Waals surface area contributed by atoms with Gasteiger partial charge in [-0.2, -0.15) is 0 Å². The van der Waals surface area contributed by atoms with E-state index in [-0.39, 0.29) is 28.1 Å². The molecule has 0 unspecified atom stereocenters. The summed E-state index contributed by atoms with van der Waals surface area (Å²) in [4.78, 5) is 10.0. The highest BCUT2D eigenvalue weighted by Crippen LogP contribution is 2.42. The molecule has 4 nitrogen and oxygen atoms in total. The highest BCUT2D eigenvalue weighted by atomic mass is 16.3. The summed E-state index contributed by atoms with van der Waals surface area (Å²) in [5.74, 6) is -1.96. The van der Waals surface area contributed by atoms with Crippen LogP contribution in [0.2, 0.25) is 0 Å². The number of pyridine rings is 1. The second kappa shape index (κ2) is 16.0. The summed E-state index contributed by atoms with van der Waals surface area (Å²) < 4.78 is 121. The van der Waals surface area contributed by atoms with Gasteiger partial charge >= 0.3 is 0 Å². The number of nitrogens with zero attached hydrogens (tertiary/aromatic N) is 3. The van der Waals surface area contributed by atoms with Crippen LogP contribution in [0.25, 0.3) is 72.7 Å². The first-order chi connectivity index (χ1) is 34.6. The highest BCUT2D eigenvalue weighted by Gasteiger charge is 2.24. The number of phenols is 1. The van der Waals surface area contributed by atoms with E-state index < -0.39 is 44.6 Å². The zero-order valence-electron chi connectivity index (χ0n) is 49.6. The van der Waals surface area contributed by atoms with Crippen LogP contribution in [0.15, 0.2) is 140 Å². The third-order valence-electron chi connectivity index (χ3n) is 11.3. The summed E-state index contributed by atoms with van der Waals surface area (Å²) in [6.45, 7) is 0.453. The molecule has 308 valence electrons. The number of rotatable bonds is 8. The molecule has 2 aromatic heterocycles. The largest absolute Gasteiger partial charge is 0.507 e. The van der Waals surface area contributed by atoms with E-state index in [2.05, 4.69) is 26.8 Å². The predicted octanol–water partition coefficient (Wildman–Crippen LogP) is 15.6. The zero-order chi connectivity index (χ0) is 55.2. The van der Waals surface area contributed by atoms with Crippen molar-refractivity contribution in [2.75, 3.05) is 0 Å². The minimum Gasteiger partial charge on any atom is -0.507 e. The molecule has 0 aliphatic rings. The van der Waals surface area contributed by atoms with Gasteiger partial charge in [-0.3, -0.25) is 9.55 Å². The molecule has 0 bridgehead atoms. The molecule has 0 radical (unpaired) electrons. The molecule has 8 aromatic rings. The van der Waals surface area contributed by atoms with Gasteiger partial charge in [0.1, 0.15) is 11.6 Å². The Morgan fingerprint density at radius 1 is 0.607 bits per heavy atom. The average molecular weight is 816 g/mol. The summed E-state index contributed by atoms with van der Waals surface area (Å²) in [6, 6.07) is 38.3. The smallest absolute Gasteiger partial charge is 0.149 e. The normalized spacial score (nSPS) is 16.8. The molecule has 61 heavy (non-hydrogen) atoms. The summed E-state index contributed by atoms with van der Waals surface area (Å²) in [5, 5.41) is 11.4. The zero-order valence-corrected chi connectivity index (χ0v) is 35.6. The number of hydrogen-bond acceptors (Lipinski definition) is 3. The first-order valence-corrected chi connectivity index (χ1v) is 20.4. The van der Waals surface area contributed by atoms with E-state index in [0.717, 1.165) is 16.7 Å². The van der Waals surface area contributed by atoms with Crippen LogP contribution in [0.1, 0.15) is 128 Å². The number of phenolic OH excluding ortho intramolecular Hbond substituents is 1. The molecule has 0 spiro atoms. The molecule has 0 aliphatic carbocycles. The Bertz CT molecular complexity index is 3390. The molecular weight excluding hydrogens is 743 g/mol. The molecule has 6 aromatic carbocycles. The Balaban J connectivity index is 1.33. The molecule has 0 aliphatic heterocycles. The SMILES string of the molecule is [2H]C([2H])([2H])c1cc(-c2c(C([2H])(C)C)cccc2C([2H])(C)C)ccc1-n1c(-c2ccccc2O)nc2c(-c3cc(-c4cc(-c5ccc(C(C([2H])([2H])[2H])(C([2H])([2H])[2H])C([2H])([2H])[2H])cc5)ccn4)cc(C(C)(C)C)c3)cccc21. The molecule has 8 rings (SSSR count). The van der Waals surface area contributed by atoms with Crippen molar-refractivity contribution in [1.82, 2.24) is 14.5 Å². The van der Waals surface area contributed by atoms with Crippen molar-refractivity contribution in [3.05, 3.63) is 167 Å². The lowest BCUT2D eigenvalue weighted by Crippen LogP contribution is -2.11. The quantitative estimate of drug-likeness (QED) is 0.166. The summed E-state index contributed by atoms with van der Waals surface area (Å²) in [6.07, 6.45) is 1.62. The number of fused-ring (bicyclic) bond motifs is 1. The Labute approximate surface area is 382 Å². The lowest BCUT2D eigenvalue weighted by atomic mass is 9.83. The summed E-state index contributed by atoms with van der Waals surface area (Å²) >= 11 is 0. The Morgan fingerprint density at radius 3 is 1.95 bits per heavy atom. The van der Waals surface area contributed by atoms with Crippen molar-refractivity contribution < 1.29 is 24.3 Å². The number of aryl methyl sites for hydroxylation is 1. The van der Waals surface area contributed by atoms with Crippen molar-refractivity contribution in [2.24, 2.45) is 0 Å². The number of aromatic hydroxyl groups is 1. The van der Waals surface area contributed by atoms with Gasteiger partial charge in [-0.1, -0.05) is 148 Å². The minimum absolute atomic E-state index is 0.00327. The molecule has 0 saturated carbocycles. The van der Waals surface area contributed by atoms with Gasteiger partial charge in [0.2, 0.25) is 0 Å². The highest BCUT2D eigenvalue weighted by molar-refractivity contribution is 5.97. The van der Waals surface area contributed by atoms with Crippen LogP contribution in [-0.4, -0.2) is 19.6 Å². The molecule has 4 heteroatoms. The Hall–Kier alpha value is -6.26. The van der Waals surface area contributed by atoms with Crippen LogP contribution in [0.3, 0.4) is 0 Å². The second-order valence-electron chi connectivity index (χ2n) is 17.2. The Kier molecular flexibility index (Phi) is 7.22. The second-order valence-corrected chi connectivity index (χ2v) is 17.2. The molecule has 2 heterocycles. The lowest BCUT2D eigenvalue weighted by Gasteiger charge is -2.22. The molecule has 0 amide bonds. The van der Waals surface area contributed by atoms with Crippen molar-refractivity contribution >= 4 is 11.0 Å². The van der Waals surface area contributed by atoms with Crippen molar-refractivity contribution in [3.8, 4) is 67.5 Å². The van der Waals surface area contributed by atoms with E-state index in [1.54, 1.807) is 80.9 Å².